The molecule has 0 aliphatic heterocycles. The van der Waals surface area contributed by atoms with E-state index in [9.17, 15) is 14.0 Å². The Bertz CT molecular complexity index is 1250. The van der Waals surface area contributed by atoms with E-state index in [4.69, 9.17) is 9.47 Å². The van der Waals surface area contributed by atoms with Crippen LogP contribution in [0.4, 0.5) is 9.18 Å². The first-order valence-corrected chi connectivity index (χ1v) is 12.7. The van der Waals surface area contributed by atoms with Gasteiger partial charge in [0.2, 0.25) is 5.91 Å². The molecule has 0 aliphatic rings. The first kappa shape index (κ1) is 27.7. The van der Waals surface area contributed by atoms with Crippen molar-refractivity contribution in [1.82, 2.24) is 10.2 Å². The summed E-state index contributed by atoms with van der Waals surface area (Å²) in [4.78, 5) is 27.6. The minimum absolute atomic E-state index is 0.0670. The summed E-state index contributed by atoms with van der Waals surface area (Å²) in [5, 5.41) is 2.70. The Morgan fingerprint density at radius 2 is 1.67 bits per heavy atom. The van der Waals surface area contributed by atoms with Crippen LogP contribution in [-0.4, -0.2) is 29.5 Å². The second-order valence-electron chi connectivity index (χ2n) is 9.08. The van der Waals surface area contributed by atoms with Crippen LogP contribution < -0.4 is 10.1 Å². The van der Waals surface area contributed by atoms with Gasteiger partial charge in [-0.05, 0) is 56.7 Å². The number of carbonyl (C=O) groups excluding carboxylic acids is 2. The van der Waals surface area contributed by atoms with Gasteiger partial charge in [-0.15, -0.1) is 0 Å². The third kappa shape index (κ3) is 7.54. The Balaban J connectivity index is 1.85. The van der Waals surface area contributed by atoms with Crippen molar-refractivity contribution >= 4 is 43.9 Å². The van der Waals surface area contributed by atoms with E-state index in [0.717, 1.165) is 0 Å². The number of para-hydroxylation sites is 1. The summed E-state index contributed by atoms with van der Waals surface area (Å²) in [7, 11) is 1.62. The van der Waals surface area contributed by atoms with Gasteiger partial charge in [-0.1, -0.05) is 68.3 Å². The molecule has 3 aromatic carbocycles. The highest BCUT2D eigenvalue weighted by atomic mass is 79.9. The molecule has 3 aromatic rings. The first-order chi connectivity index (χ1) is 16.9. The topological polar surface area (TPSA) is 67.9 Å². The summed E-state index contributed by atoms with van der Waals surface area (Å²) < 4.78 is 26.8. The van der Waals surface area contributed by atoms with Crippen LogP contribution >= 0.6 is 31.9 Å². The summed E-state index contributed by atoms with van der Waals surface area (Å²) in [6.07, 6.45) is -0.709. The number of amides is 2. The van der Waals surface area contributed by atoms with Crippen molar-refractivity contribution in [2.45, 2.75) is 39.0 Å². The predicted molar refractivity (Wildman–Crippen MR) is 143 cm³/mol. The lowest BCUT2D eigenvalue weighted by Gasteiger charge is -2.27. The number of hydrogen-bond donors (Lipinski definition) is 1. The van der Waals surface area contributed by atoms with Gasteiger partial charge >= 0.3 is 6.09 Å². The number of alkyl carbamates (subject to hydrolysis) is 1. The molecule has 0 aliphatic carbocycles. The average molecular weight is 622 g/mol. The number of halogens is 3. The van der Waals surface area contributed by atoms with Crippen molar-refractivity contribution in [1.29, 1.82) is 0 Å². The molecule has 0 aromatic heterocycles. The number of carbonyl (C=O) groups is 2. The molecule has 3 rings (SSSR count). The van der Waals surface area contributed by atoms with Crippen molar-refractivity contribution in [2.24, 2.45) is 0 Å². The molecule has 2 amide bonds. The van der Waals surface area contributed by atoms with Gasteiger partial charge in [0.25, 0.3) is 0 Å². The molecule has 0 heterocycles. The molecule has 0 fully saturated rings. The van der Waals surface area contributed by atoms with E-state index in [1.54, 1.807) is 70.3 Å². The highest BCUT2D eigenvalue weighted by molar-refractivity contribution is 9.10. The number of rotatable bonds is 7. The standard InChI is InChI=1S/C27H27Br2FN2O4/c1-27(2,3)36-26(34)31-24(19-10-6-7-11-20(19)29)25(33)32(4)16-17-9-5-8-12-22(17)35-23-14-13-18(28)15-21(23)30/h5-15,24H,16H2,1-4H3,(H,31,34). The van der Waals surface area contributed by atoms with Gasteiger partial charge < -0.3 is 19.7 Å². The SMILES string of the molecule is CN(Cc1ccccc1Oc1ccc(Br)cc1F)C(=O)C(NC(=O)OC(C)(C)C)c1ccccc1Br. The van der Waals surface area contributed by atoms with E-state index in [0.29, 0.717) is 25.8 Å². The number of benzene rings is 3. The van der Waals surface area contributed by atoms with Gasteiger partial charge in [-0.2, -0.15) is 0 Å². The maximum Gasteiger partial charge on any atom is 0.408 e. The minimum Gasteiger partial charge on any atom is -0.454 e. The maximum absolute atomic E-state index is 14.4. The predicted octanol–water partition coefficient (Wildman–Crippen LogP) is 7.37. The molecule has 0 spiro atoms. The maximum atomic E-state index is 14.4. The second kappa shape index (κ2) is 11.9. The van der Waals surface area contributed by atoms with E-state index < -0.39 is 23.6 Å². The Hall–Kier alpha value is -2.91. The van der Waals surface area contributed by atoms with E-state index in [-0.39, 0.29) is 18.2 Å². The lowest BCUT2D eigenvalue weighted by Crippen LogP contribution is -2.43. The third-order valence-corrected chi connectivity index (χ3v) is 6.21. The van der Waals surface area contributed by atoms with Crippen molar-refractivity contribution in [3.05, 3.63) is 92.6 Å². The fourth-order valence-corrected chi connectivity index (χ4v) is 4.22. The summed E-state index contributed by atoms with van der Waals surface area (Å²) in [6.45, 7) is 5.40. The molecule has 0 bridgehead atoms. The van der Waals surface area contributed by atoms with Crippen LogP contribution in [0.2, 0.25) is 0 Å². The molecule has 6 nitrogen and oxygen atoms in total. The van der Waals surface area contributed by atoms with Crippen molar-refractivity contribution in [3.8, 4) is 11.5 Å². The van der Waals surface area contributed by atoms with Crippen LogP contribution in [0.25, 0.3) is 0 Å². The van der Waals surface area contributed by atoms with Crippen LogP contribution in [0.3, 0.4) is 0 Å². The number of nitrogens with zero attached hydrogens (tertiary/aromatic N) is 1. The zero-order chi connectivity index (χ0) is 26.5. The van der Waals surface area contributed by atoms with Crippen LogP contribution in [0, 0.1) is 5.82 Å². The Morgan fingerprint density at radius 1 is 1.00 bits per heavy atom. The Kier molecular flexibility index (Phi) is 9.13. The number of nitrogens with one attached hydrogen (secondary N) is 1. The average Bonchev–Trinajstić information content (AvgIpc) is 2.79. The molecule has 0 radical (unpaired) electrons. The molecule has 190 valence electrons. The van der Waals surface area contributed by atoms with Crippen molar-refractivity contribution in [3.63, 3.8) is 0 Å². The summed E-state index contributed by atoms with van der Waals surface area (Å²) in [5.74, 6) is -0.398. The molecule has 1 N–H and O–H groups in total. The third-order valence-electron chi connectivity index (χ3n) is 4.99. The lowest BCUT2D eigenvalue weighted by atomic mass is 10.1. The lowest BCUT2D eigenvalue weighted by molar-refractivity contribution is -0.132. The van der Waals surface area contributed by atoms with Gasteiger partial charge in [0.05, 0.1) is 0 Å². The fraction of sp³-hybridized carbons (Fsp3) is 0.259. The monoisotopic (exact) mass is 620 g/mol. The van der Waals surface area contributed by atoms with Crippen LogP contribution in [0.15, 0.2) is 75.7 Å². The van der Waals surface area contributed by atoms with Gasteiger partial charge in [-0.3, -0.25) is 4.79 Å². The Morgan fingerprint density at radius 3 is 2.33 bits per heavy atom. The highest BCUT2D eigenvalue weighted by Gasteiger charge is 2.30. The molecular formula is C27H27Br2FN2O4. The summed E-state index contributed by atoms with van der Waals surface area (Å²) >= 11 is 6.70. The molecule has 1 unspecified atom stereocenters. The minimum atomic E-state index is -1.00. The first-order valence-electron chi connectivity index (χ1n) is 11.1. The quantitative estimate of drug-likeness (QED) is 0.299. The molecule has 0 saturated heterocycles. The fourth-order valence-electron chi connectivity index (χ4n) is 3.37. The zero-order valence-corrected chi connectivity index (χ0v) is 23.5. The van der Waals surface area contributed by atoms with Gasteiger partial charge in [0.1, 0.15) is 17.4 Å². The molecule has 9 heteroatoms. The Labute approximate surface area is 227 Å². The van der Waals surface area contributed by atoms with Gasteiger partial charge in [0, 0.05) is 28.1 Å². The second-order valence-corrected chi connectivity index (χ2v) is 10.8. The molecule has 1 atom stereocenters. The van der Waals surface area contributed by atoms with E-state index in [1.165, 1.54) is 17.0 Å². The molecule has 36 heavy (non-hydrogen) atoms. The van der Waals surface area contributed by atoms with E-state index in [1.807, 2.05) is 12.1 Å². The normalized spacial score (nSPS) is 12.0. The largest absolute Gasteiger partial charge is 0.454 e. The van der Waals surface area contributed by atoms with Gasteiger partial charge in [0.15, 0.2) is 11.6 Å². The van der Waals surface area contributed by atoms with Crippen LogP contribution in [0.1, 0.15) is 37.9 Å². The van der Waals surface area contributed by atoms with Gasteiger partial charge in [-0.25, -0.2) is 9.18 Å². The zero-order valence-electron chi connectivity index (χ0n) is 20.3. The van der Waals surface area contributed by atoms with Crippen molar-refractivity contribution < 1.29 is 23.5 Å². The number of ether oxygens (including phenoxy) is 2. The van der Waals surface area contributed by atoms with Crippen LogP contribution in [-0.2, 0) is 16.1 Å². The molecular weight excluding hydrogens is 595 g/mol. The number of likely N-dealkylation sites (N-methyl/N-ethyl adjacent to an activating group) is 1. The number of hydrogen-bond acceptors (Lipinski definition) is 4. The van der Waals surface area contributed by atoms with Crippen molar-refractivity contribution in [2.75, 3.05) is 7.05 Å². The highest BCUT2D eigenvalue weighted by Crippen LogP contribution is 2.31. The van der Waals surface area contributed by atoms with E-state index >= 15 is 0 Å². The summed E-state index contributed by atoms with van der Waals surface area (Å²) in [5.41, 5.74) is 0.524. The summed E-state index contributed by atoms with van der Waals surface area (Å²) in [6, 6.07) is 17.8. The van der Waals surface area contributed by atoms with E-state index in [2.05, 4.69) is 37.2 Å². The molecule has 0 saturated carbocycles. The smallest absolute Gasteiger partial charge is 0.408 e. The van der Waals surface area contributed by atoms with Crippen LogP contribution in [0.5, 0.6) is 11.5 Å².